The molecule has 2 heterocycles. The van der Waals surface area contributed by atoms with E-state index in [9.17, 15) is 9.59 Å². The lowest BCUT2D eigenvalue weighted by Crippen LogP contribution is -2.53. The highest BCUT2D eigenvalue weighted by Gasteiger charge is 2.31. The minimum atomic E-state index is -0.293. The topological polar surface area (TPSA) is 71.1 Å². The van der Waals surface area contributed by atoms with Crippen LogP contribution in [0.2, 0.25) is 0 Å². The molecule has 24 heavy (non-hydrogen) atoms. The van der Waals surface area contributed by atoms with Crippen molar-refractivity contribution in [1.29, 1.82) is 0 Å². The van der Waals surface area contributed by atoms with Crippen LogP contribution in [0.5, 0.6) is 5.75 Å². The van der Waals surface area contributed by atoms with Crippen molar-refractivity contribution in [3.63, 3.8) is 0 Å². The van der Waals surface area contributed by atoms with Crippen molar-refractivity contribution in [2.75, 3.05) is 45.2 Å². The standard InChI is InChI=1S/C17H23N3O4/c1-23-14-6-3-2-5-13(14)18-17(22)20-10-8-19(9-11-20)16(21)15-7-4-12-24-15/h2-3,5-6,15H,4,7-12H2,1H3,(H,18,22). The van der Waals surface area contributed by atoms with E-state index >= 15 is 0 Å². The highest BCUT2D eigenvalue weighted by Crippen LogP contribution is 2.23. The van der Waals surface area contributed by atoms with E-state index in [-0.39, 0.29) is 18.0 Å². The van der Waals surface area contributed by atoms with Crippen LogP contribution >= 0.6 is 0 Å². The van der Waals surface area contributed by atoms with Crippen LogP contribution in [0, 0.1) is 0 Å². The number of methoxy groups -OCH3 is 1. The van der Waals surface area contributed by atoms with Gasteiger partial charge in [-0.25, -0.2) is 4.79 Å². The van der Waals surface area contributed by atoms with E-state index < -0.39 is 0 Å². The molecule has 0 aromatic heterocycles. The summed E-state index contributed by atoms with van der Waals surface area (Å²) in [7, 11) is 1.57. The van der Waals surface area contributed by atoms with E-state index in [1.807, 2.05) is 12.1 Å². The SMILES string of the molecule is COc1ccccc1NC(=O)N1CCN(C(=O)C2CCCO2)CC1. The van der Waals surface area contributed by atoms with Crippen molar-refractivity contribution in [3.05, 3.63) is 24.3 Å². The van der Waals surface area contributed by atoms with Crippen LogP contribution in [0.3, 0.4) is 0 Å². The van der Waals surface area contributed by atoms with Gasteiger partial charge in [0.05, 0.1) is 12.8 Å². The average Bonchev–Trinajstić information content (AvgIpc) is 3.16. The monoisotopic (exact) mass is 333 g/mol. The second-order valence-electron chi connectivity index (χ2n) is 5.94. The summed E-state index contributed by atoms with van der Waals surface area (Å²) in [5, 5.41) is 2.86. The van der Waals surface area contributed by atoms with Gasteiger partial charge in [-0.2, -0.15) is 0 Å². The number of nitrogens with zero attached hydrogens (tertiary/aromatic N) is 2. The first-order chi connectivity index (χ1) is 11.7. The molecule has 1 N–H and O–H groups in total. The van der Waals surface area contributed by atoms with Crippen LogP contribution in [-0.2, 0) is 9.53 Å². The summed E-state index contributed by atoms with van der Waals surface area (Å²) in [6.07, 6.45) is 1.45. The highest BCUT2D eigenvalue weighted by atomic mass is 16.5. The number of carbonyl (C=O) groups is 2. The van der Waals surface area contributed by atoms with Gasteiger partial charge >= 0.3 is 6.03 Å². The minimum Gasteiger partial charge on any atom is -0.495 e. The second kappa shape index (κ2) is 7.53. The van der Waals surface area contributed by atoms with E-state index in [4.69, 9.17) is 9.47 Å². The molecule has 2 aliphatic heterocycles. The van der Waals surface area contributed by atoms with E-state index in [0.29, 0.717) is 44.2 Å². The van der Waals surface area contributed by atoms with Crippen molar-refractivity contribution in [1.82, 2.24) is 9.80 Å². The molecule has 0 aliphatic carbocycles. The predicted octanol–water partition coefficient (Wildman–Crippen LogP) is 1.55. The van der Waals surface area contributed by atoms with E-state index in [0.717, 1.165) is 12.8 Å². The molecule has 2 fully saturated rings. The Morgan fingerprint density at radius 1 is 1.17 bits per heavy atom. The van der Waals surface area contributed by atoms with Gasteiger partial charge in [-0.1, -0.05) is 12.1 Å². The third-order valence-electron chi connectivity index (χ3n) is 4.43. The van der Waals surface area contributed by atoms with Crippen molar-refractivity contribution < 1.29 is 19.1 Å². The quantitative estimate of drug-likeness (QED) is 0.911. The summed E-state index contributed by atoms with van der Waals surface area (Å²) in [6, 6.07) is 7.12. The summed E-state index contributed by atoms with van der Waals surface area (Å²) < 4.78 is 10.7. The molecule has 2 aliphatic rings. The number of hydrogen-bond donors (Lipinski definition) is 1. The molecule has 3 rings (SSSR count). The molecular formula is C17H23N3O4. The van der Waals surface area contributed by atoms with Crippen molar-refractivity contribution >= 4 is 17.6 Å². The fraction of sp³-hybridized carbons (Fsp3) is 0.529. The first-order valence-corrected chi connectivity index (χ1v) is 8.28. The number of piperazine rings is 1. The van der Waals surface area contributed by atoms with Gasteiger partial charge in [0.25, 0.3) is 5.91 Å². The molecule has 0 saturated carbocycles. The van der Waals surface area contributed by atoms with Gasteiger partial charge < -0.3 is 24.6 Å². The molecule has 3 amide bonds. The Kier molecular flexibility index (Phi) is 5.20. The number of nitrogens with one attached hydrogen (secondary N) is 1. The Bertz CT molecular complexity index is 593. The fourth-order valence-electron chi connectivity index (χ4n) is 3.05. The normalized spacial score (nSPS) is 20.8. The molecule has 130 valence electrons. The predicted molar refractivity (Wildman–Crippen MR) is 89.1 cm³/mol. The second-order valence-corrected chi connectivity index (χ2v) is 5.94. The maximum absolute atomic E-state index is 12.4. The molecule has 1 atom stereocenters. The summed E-state index contributed by atoms with van der Waals surface area (Å²) in [6.45, 7) is 2.77. The molecule has 7 nitrogen and oxygen atoms in total. The van der Waals surface area contributed by atoms with Crippen LogP contribution in [0.25, 0.3) is 0 Å². The van der Waals surface area contributed by atoms with Gasteiger partial charge in [0.1, 0.15) is 11.9 Å². The zero-order valence-electron chi connectivity index (χ0n) is 13.9. The summed E-state index contributed by atoms with van der Waals surface area (Å²) >= 11 is 0. The number of urea groups is 1. The zero-order valence-corrected chi connectivity index (χ0v) is 13.9. The van der Waals surface area contributed by atoms with Crippen molar-refractivity contribution in [2.24, 2.45) is 0 Å². The summed E-state index contributed by atoms with van der Waals surface area (Å²) in [5.41, 5.74) is 0.642. The van der Waals surface area contributed by atoms with Crippen LogP contribution in [-0.4, -0.2) is 67.7 Å². The molecule has 1 aromatic carbocycles. The van der Waals surface area contributed by atoms with Gasteiger partial charge in [-0.15, -0.1) is 0 Å². The number of carbonyl (C=O) groups excluding carboxylic acids is 2. The lowest BCUT2D eigenvalue weighted by Gasteiger charge is -2.35. The first-order valence-electron chi connectivity index (χ1n) is 8.28. The zero-order chi connectivity index (χ0) is 16.9. The van der Waals surface area contributed by atoms with Crippen LogP contribution in [0.15, 0.2) is 24.3 Å². The molecule has 7 heteroatoms. The number of amides is 3. The molecule has 1 unspecified atom stereocenters. The van der Waals surface area contributed by atoms with Crippen molar-refractivity contribution in [2.45, 2.75) is 18.9 Å². The largest absolute Gasteiger partial charge is 0.495 e. The third kappa shape index (κ3) is 3.62. The molecular weight excluding hydrogens is 310 g/mol. The maximum Gasteiger partial charge on any atom is 0.322 e. The van der Waals surface area contributed by atoms with Gasteiger partial charge in [0, 0.05) is 32.8 Å². The lowest BCUT2D eigenvalue weighted by atomic mass is 10.2. The Labute approximate surface area is 141 Å². The average molecular weight is 333 g/mol. The van der Waals surface area contributed by atoms with E-state index in [2.05, 4.69) is 5.32 Å². The Morgan fingerprint density at radius 3 is 2.54 bits per heavy atom. The Morgan fingerprint density at radius 2 is 1.88 bits per heavy atom. The van der Waals surface area contributed by atoms with E-state index in [1.165, 1.54) is 0 Å². The third-order valence-corrected chi connectivity index (χ3v) is 4.43. The summed E-state index contributed by atoms with van der Waals surface area (Å²) in [5.74, 6) is 0.676. The van der Waals surface area contributed by atoms with Gasteiger partial charge in [-0.05, 0) is 25.0 Å². The highest BCUT2D eigenvalue weighted by molar-refractivity contribution is 5.91. The Hall–Kier alpha value is -2.28. The number of benzene rings is 1. The first kappa shape index (κ1) is 16.6. The van der Waals surface area contributed by atoms with Crippen LogP contribution in [0.1, 0.15) is 12.8 Å². The molecule has 0 spiro atoms. The summed E-state index contributed by atoms with van der Waals surface area (Å²) in [4.78, 5) is 28.2. The van der Waals surface area contributed by atoms with Crippen LogP contribution < -0.4 is 10.1 Å². The molecule has 2 saturated heterocycles. The molecule has 0 bridgehead atoms. The lowest BCUT2D eigenvalue weighted by molar-refractivity contribution is -0.142. The number of hydrogen-bond acceptors (Lipinski definition) is 4. The number of para-hydroxylation sites is 2. The minimum absolute atomic E-state index is 0.0530. The molecule has 1 aromatic rings. The fourth-order valence-corrected chi connectivity index (χ4v) is 3.05. The number of ether oxygens (including phenoxy) is 2. The smallest absolute Gasteiger partial charge is 0.322 e. The molecule has 0 radical (unpaired) electrons. The van der Waals surface area contributed by atoms with Gasteiger partial charge in [-0.3, -0.25) is 4.79 Å². The maximum atomic E-state index is 12.4. The van der Waals surface area contributed by atoms with Gasteiger partial charge in [0.15, 0.2) is 0 Å². The number of rotatable bonds is 3. The van der Waals surface area contributed by atoms with E-state index in [1.54, 1.807) is 29.0 Å². The number of anilines is 1. The van der Waals surface area contributed by atoms with Crippen molar-refractivity contribution in [3.8, 4) is 5.75 Å². The Balaban J connectivity index is 1.52. The van der Waals surface area contributed by atoms with Gasteiger partial charge in [0.2, 0.25) is 0 Å². The van der Waals surface area contributed by atoms with Crippen LogP contribution in [0.4, 0.5) is 10.5 Å².